The number of ether oxygens (including phenoxy) is 2. The van der Waals surface area contributed by atoms with Gasteiger partial charge in [0, 0.05) is 25.5 Å². The van der Waals surface area contributed by atoms with Crippen molar-refractivity contribution in [3.05, 3.63) is 6.54 Å². The Bertz CT molecular complexity index is 211. The van der Waals surface area contributed by atoms with Gasteiger partial charge in [-0.3, -0.25) is 10.3 Å². The topological polar surface area (TPSA) is 42.9 Å². The fraction of sp³-hybridized carbons (Fsp3) is 0.818. The van der Waals surface area contributed by atoms with E-state index in [9.17, 15) is 0 Å². The molecule has 0 bridgehead atoms. The van der Waals surface area contributed by atoms with E-state index in [1.54, 1.807) is 6.54 Å². The molecule has 0 aromatic carbocycles. The molecular weight excluding hydrogens is 192 g/mol. The normalized spacial score (nSPS) is 24.7. The van der Waals surface area contributed by atoms with Crippen molar-refractivity contribution in [1.29, 1.82) is 0 Å². The van der Waals surface area contributed by atoms with Gasteiger partial charge in [-0.05, 0) is 19.8 Å². The van der Waals surface area contributed by atoms with E-state index in [4.69, 9.17) is 9.47 Å². The molecule has 1 atom stereocenters. The van der Waals surface area contributed by atoms with Crippen LogP contribution < -0.4 is 5.32 Å². The highest BCUT2D eigenvalue weighted by molar-refractivity contribution is 5.66. The summed E-state index contributed by atoms with van der Waals surface area (Å²) >= 11 is 0. The molecule has 0 aliphatic carbocycles. The summed E-state index contributed by atoms with van der Waals surface area (Å²) in [5, 5.41) is 3.32. The van der Waals surface area contributed by atoms with Crippen molar-refractivity contribution in [3.63, 3.8) is 0 Å². The molecule has 1 aliphatic rings. The summed E-state index contributed by atoms with van der Waals surface area (Å²) in [6, 6.07) is 0.188. The summed E-state index contributed by atoms with van der Waals surface area (Å²) in [5.41, 5.74) is 0. The molecule has 87 valence electrons. The predicted octanol–water partition coefficient (Wildman–Crippen LogP) is 1.57. The number of rotatable bonds is 5. The molecule has 0 amide bonds. The Morgan fingerprint density at radius 3 is 2.40 bits per heavy atom. The first-order valence-corrected chi connectivity index (χ1v) is 5.56. The summed E-state index contributed by atoms with van der Waals surface area (Å²) in [4.78, 5) is 4.21. The van der Waals surface area contributed by atoms with Crippen molar-refractivity contribution in [1.82, 2.24) is 5.32 Å². The number of hydrogen-bond donors (Lipinski definition) is 1. The molecule has 1 radical (unpaired) electrons. The molecule has 0 aromatic heterocycles. The molecule has 15 heavy (non-hydrogen) atoms. The van der Waals surface area contributed by atoms with E-state index in [1.165, 1.54) is 0 Å². The maximum Gasteiger partial charge on any atom is 0.253 e. The van der Waals surface area contributed by atoms with Gasteiger partial charge in [-0.15, -0.1) is 0 Å². The van der Waals surface area contributed by atoms with Crippen molar-refractivity contribution < 1.29 is 9.47 Å². The molecular formula is C11H21N2O2. The van der Waals surface area contributed by atoms with Crippen LogP contribution in [0.2, 0.25) is 0 Å². The van der Waals surface area contributed by atoms with E-state index in [1.807, 2.05) is 20.1 Å². The molecule has 1 unspecified atom stereocenters. The third kappa shape index (κ3) is 3.26. The van der Waals surface area contributed by atoms with Gasteiger partial charge in [-0.25, -0.2) is 0 Å². The molecule has 1 aliphatic heterocycles. The summed E-state index contributed by atoms with van der Waals surface area (Å²) < 4.78 is 11.2. The van der Waals surface area contributed by atoms with Crippen LogP contribution in [0.5, 0.6) is 0 Å². The lowest BCUT2D eigenvalue weighted by Crippen LogP contribution is -2.58. The van der Waals surface area contributed by atoms with Gasteiger partial charge < -0.3 is 9.47 Å². The minimum atomic E-state index is -0.840. The Balaban J connectivity index is 2.69. The zero-order valence-corrected chi connectivity index (χ0v) is 9.99. The Labute approximate surface area is 92.1 Å². The van der Waals surface area contributed by atoms with Gasteiger partial charge in [0.1, 0.15) is 6.54 Å². The zero-order chi connectivity index (χ0) is 11.3. The maximum absolute atomic E-state index is 5.59. The van der Waals surface area contributed by atoms with Crippen LogP contribution in [0.3, 0.4) is 0 Å². The second kappa shape index (κ2) is 5.58. The van der Waals surface area contributed by atoms with Gasteiger partial charge in [0.2, 0.25) is 0 Å². The molecule has 0 aromatic rings. The van der Waals surface area contributed by atoms with Crippen molar-refractivity contribution in [2.75, 3.05) is 13.2 Å². The largest absolute Gasteiger partial charge is 0.336 e. The van der Waals surface area contributed by atoms with Crippen LogP contribution in [-0.2, 0) is 9.47 Å². The third-order valence-corrected chi connectivity index (χ3v) is 2.29. The standard InChI is InChI=1S/C11H21N2O2/c1-5-14-11(15-6-2)8-12-7-10(13-11)9(3)4/h7-10,13H,5-6H2,1-4H3. The van der Waals surface area contributed by atoms with Gasteiger partial charge >= 0.3 is 0 Å². The molecule has 4 heteroatoms. The minimum absolute atomic E-state index is 0.188. The predicted molar refractivity (Wildman–Crippen MR) is 60.5 cm³/mol. The van der Waals surface area contributed by atoms with Gasteiger partial charge in [-0.2, -0.15) is 0 Å². The Kier molecular flexibility index (Phi) is 4.70. The Morgan fingerprint density at radius 2 is 1.93 bits per heavy atom. The van der Waals surface area contributed by atoms with E-state index < -0.39 is 5.91 Å². The highest BCUT2D eigenvalue weighted by Gasteiger charge is 2.37. The SMILES string of the molecule is CCOC1(OCC)[CH]N=CC(C(C)C)N1. The van der Waals surface area contributed by atoms with Crippen LogP contribution in [0, 0.1) is 12.5 Å². The molecule has 0 fully saturated rings. The summed E-state index contributed by atoms with van der Waals surface area (Å²) in [6.45, 7) is 11.0. The fourth-order valence-corrected chi connectivity index (χ4v) is 1.51. The Hall–Kier alpha value is -0.450. The third-order valence-electron chi connectivity index (χ3n) is 2.29. The molecule has 0 spiro atoms. The molecule has 1 heterocycles. The van der Waals surface area contributed by atoms with Gasteiger partial charge in [0.05, 0.1) is 0 Å². The lowest BCUT2D eigenvalue weighted by molar-refractivity contribution is -0.235. The maximum atomic E-state index is 5.59. The van der Waals surface area contributed by atoms with E-state index in [0.29, 0.717) is 19.1 Å². The van der Waals surface area contributed by atoms with Crippen LogP contribution in [0.25, 0.3) is 0 Å². The first kappa shape index (κ1) is 12.6. The van der Waals surface area contributed by atoms with Crippen LogP contribution in [0.1, 0.15) is 27.7 Å². The second-order valence-corrected chi connectivity index (χ2v) is 3.87. The summed E-state index contributed by atoms with van der Waals surface area (Å²) in [7, 11) is 0. The van der Waals surface area contributed by atoms with Gasteiger partial charge in [-0.1, -0.05) is 13.8 Å². The van der Waals surface area contributed by atoms with Crippen molar-refractivity contribution in [2.24, 2.45) is 10.9 Å². The van der Waals surface area contributed by atoms with Crippen molar-refractivity contribution in [3.8, 4) is 0 Å². The Morgan fingerprint density at radius 1 is 1.33 bits per heavy atom. The lowest BCUT2D eigenvalue weighted by Gasteiger charge is -2.38. The average molecular weight is 213 g/mol. The molecule has 0 saturated carbocycles. The van der Waals surface area contributed by atoms with E-state index in [2.05, 4.69) is 24.2 Å². The lowest BCUT2D eigenvalue weighted by atomic mass is 10.0. The van der Waals surface area contributed by atoms with Crippen LogP contribution >= 0.6 is 0 Å². The van der Waals surface area contributed by atoms with Crippen LogP contribution in [0.4, 0.5) is 0 Å². The number of nitrogens with one attached hydrogen (secondary N) is 1. The first-order valence-electron chi connectivity index (χ1n) is 5.56. The minimum Gasteiger partial charge on any atom is -0.336 e. The van der Waals surface area contributed by atoms with E-state index in [0.717, 1.165) is 0 Å². The first-order chi connectivity index (χ1) is 7.13. The summed E-state index contributed by atoms with van der Waals surface area (Å²) in [6.07, 6.45) is 1.89. The van der Waals surface area contributed by atoms with E-state index >= 15 is 0 Å². The fourth-order valence-electron chi connectivity index (χ4n) is 1.51. The molecule has 4 nitrogen and oxygen atoms in total. The smallest absolute Gasteiger partial charge is 0.253 e. The molecule has 1 N–H and O–H groups in total. The van der Waals surface area contributed by atoms with Crippen LogP contribution in [0.15, 0.2) is 4.99 Å². The van der Waals surface area contributed by atoms with Gasteiger partial charge in [0.25, 0.3) is 5.91 Å². The monoisotopic (exact) mass is 213 g/mol. The number of hydrogen-bond acceptors (Lipinski definition) is 4. The zero-order valence-electron chi connectivity index (χ0n) is 9.99. The average Bonchev–Trinajstić information content (AvgIpc) is 2.18. The highest BCUT2D eigenvalue weighted by atomic mass is 16.7. The number of nitrogens with zero attached hydrogens (tertiary/aromatic N) is 1. The highest BCUT2D eigenvalue weighted by Crippen LogP contribution is 2.20. The van der Waals surface area contributed by atoms with Crippen LogP contribution in [-0.4, -0.2) is 31.4 Å². The van der Waals surface area contributed by atoms with Gasteiger partial charge in [0.15, 0.2) is 0 Å². The molecule has 0 saturated heterocycles. The van der Waals surface area contributed by atoms with Crippen molar-refractivity contribution in [2.45, 2.75) is 39.6 Å². The molecule has 1 rings (SSSR count). The summed E-state index contributed by atoms with van der Waals surface area (Å²) in [5.74, 6) is -0.379. The number of aliphatic imine (C=N–C) groups is 1. The quantitative estimate of drug-likeness (QED) is 0.705. The van der Waals surface area contributed by atoms with Crippen molar-refractivity contribution >= 4 is 6.21 Å². The van der Waals surface area contributed by atoms with E-state index in [-0.39, 0.29) is 6.04 Å². The second-order valence-electron chi connectivity index (χ2n) is 3.87.